The summed E-state index contributed by atoms with van der Waals surface area (Å²) >= 11 is 0. The minimum Gasteiger partial charge on any atom is -0.383 e. The molecule has 2 fully saturated rings. The molecule has 0 spiro atoms. The molecule has 0 radical (unpaired) electrons. The number of carbonyl (C=O) groups excluding carboxylic acids is 1. The molecule has 26 heavy (non-hydrogen) atoms. The summed E-state index contributed by atoms with van der Waals surface area (Å²) in [5.74, 6) is 2.79. The van der Waals surface area contributed by atoms with Crippen LogP contribution in [0.15, 0.2) is 6.07 Å². The van der Waals surface area contributed by atoms with Crippen LogP contribution in [0.1, 0.15) is 25.7 Å². The molecule has 1 amide bonds. The van der Waals surface area contributed by atoms with Gasteiger partial charge < -0.3 is 25.2 Å². The summed E-state index contributed by atoms with van der Waals surface area (Å²) in [5, 5.41) is 0. The average Bonchev–Trinajstić information content (AvgIpc) is 2.66. The van der Waals surface area contributed by atoms with Crippen molar-refractivity contribution in [2.75, 3.05) is 69.0 Å². The molecule has 8 nitrogen and oxygen atoms in total. The summed E-state index contributed by atoms with van der Waals surface area (Å²) in [4.78, 5) is 27.1. The van der Waals surface area contributed by atoms with Gasteiger partial charge in [0.05, 0.1) is 13.2 Å². The second-order valence-electron chi connectivity index (χ2n) is 7.33. The number of nitrogen functional groups attached to an aromatic ring is 1. The van der Waals surface area contributed by atoms with Gasteiger partial charge in [0.15, 0.2) is 0 Å². The van der Waals surface area contributed by atoms with Gasteiger partial charge in [-0.15, -0.1) is 0 Å². The Bertz CT molecular complexity index is 618. The first-order valence-corrected chi connectivity index (χ1v) is 9.45. The number of piperidine rings is 1. The first-order valence-electron chi connectivity index (χ1n) is 9.45. The number of nitrogens with zero attached hydrogens (tertiary/aromatic N) is 5. The maximum Gasteiger partial charge on any atom is 0.229 e. The summed E-state index contributed by atoms with van der Waals surface area (Å²) in [6.45, 7) is 4.85. The molecule has 2 saturated heterocycles. The van der Waals surface area contributed by atoms with Crippen LogP contribution in [0.2, 0.25) is 0 Å². The zero-order valence-electron chi connectivity index (χ0n) is 15.9. The molecule has 0 aliphatic carbocycles. The molecule has 2 aliphatic rings. The highest BCUT2D eigenvalue weighted by Crippen LogP contribution is 2.27. The molecule has 0 aromatic carbocycles. The quantitative estimate of drug-likeness (QED) is 0.835. The molecule has 2 N–H and O–H groups in total. The highest BCUT2D eigenvalue weighted by Gasteiger charge is 2.24. The van der Waals surface area contributed by atoms with E-state index in [2.05, 4.69) is 14.8 Å². The lowest BCUT2D eigenvalue weighted by atomic mass is 9.93. The van der Waals surface area contributed by atoms with E-state index in [9.17, 15) is 4.79 Å². The first kappa shape index (κ1) is 18.7. The van der Waals surface area contributed by atoms with Crippen LogP contribution >= 0.6 is 0 Å². The van der Waals surface area contributed by atoms with Gasteiger partial charge in [0.2, 0.25) is 11.9 Å². The van der Waals surface area contributed by atoms with E-state index in [0.717, 1.165) is 51.3 Å². The lowest BCUT2D eigenvalue weighted by Gasteiger charge is -2.34. The third kappa shape index (κ3) is 4.75. The van der Waals surface area contributed by atoms with Crippen molar-refractivity contribution in [3.8, 4) is 0 Å². The number of rotatable bonds is 5. The molecule has 1 aromatic heterocycles. The van der Waals surface area contributed by atoms with Gasteiger partial charge in [-0.3, -0.25) is 4.79 Å². The SMILES string of the molecule is CN(C)C(=O)CC[C@@H]1CCCN(c2cc(N)nc(N3CCOCC3)n2)C1. The molecular weight excluding hydrogens is 332 g/mol. The first-order chi connectivity index (χ1) is 12.5. The zero-order chi connectivity index (χ0) is 18.5. The van der Waals surface area contributed by atoms with E-state index in [1.54, 1.807) is 4.90 Å². The van der Waals surface area contributed by atoms with Crippen molar-refractivity contribution >= 4 is 23.5 Å². The van der Waals surface area contributed by atoms with Crippen LogP contribution in [-0.2, 0) is 9.53 Å². The number of hydrogen-bond donors (Lipinski definition) is 1. The Kier molecular flexibility index (Phi) is 6.13. The Morgan fingerprint density at radius 2 is 2.04 bits per heavy atom. The number of ether oxygens (including phenoxy) is 1. The monoisotopic (exact) mass is 362 g/mol. The average molecular weight is 362 g/mol. The van der Waals surface area contributed by atoms with Crippen LogP contribution in [0.3, 0.4) is 0 Å². The third-order valence-electron chi connectivity index (χ3n) is 5.12. The highest BCUT2D eigenvalue weighted by molar-refractivity contribution is 5.75. The van der Waals surface area contributed by atoms with Crippen LogP contribution in [0.4, 0.5) is 17.6 Å². The zero-order valence-corrected chi connectivity index (χ0v) is 15.9. The van der Waals surface area contributed by atoms with Gasteiger partial charge in [-0.05, 0) is 25.2 Å². The van der Waals surface area contributed by atoms with E-state index in [1.807, 2.05) is 20.2 Å². The highest BCUT2D eigenvalue weighted by atomic mass is 16.5. The summed E-state index contributed by atoms with van der Waals surface area (Å²) in [7, 11) is 3.62. The summed E-state index contributed by atoms with van der Waals surface area (Å²) in [6.07, 6.45) is 3.80. The summed E-state index contributed by atoms with van der Waals surface area (Å²) in [5.41, 5.74) is 6.05. The minimum absolute atomic E-state index is 0.197. The number of amides is 1. The topological polar surface area (TPSA) is 87.8 Å². The fourth-order valence-corrected chi connectivity index (χ4v) is 3.57. The Labute approximate surface area is 155 Å². The number of hydrogen-bond acceptors (Lipinski definition) is 7. The molecule has 2 aliphatic heterocycles. The second kappa shape index (κ2) is 8.53. The van der Waals surface area contributed by atoms with Crippen molar-refractivity contribution in [3.05, 3.63) is 6.07 Å². The maximum absolute atomic E-state index is 11.9. The molecule has 8 heteroatoms. The van der Waals surface area contributed by atoms with E-state index < -0.39 is 0 Å². The van der Waals surface area contributed by atoms with Crippen LogP contribution in [0.25, 0.3) is 0 Å². The van der Waals surface area contributed by atoms with E-state index in [-0.39, 0.29) is 5.91 Å². The Hall–Kier alpha value is -2.09. The van der Waals surface area contributed by atoms with E-state index in [0.29, 0.717) is 37.3 Å². The van der Waals surface area contributed by atoms with Gasteiger partial charge >= 0.3 is 0 Å². The lowest BCUT2D eigenvalue weighted by molar-refractivity contribution is -0.129. The molecule has 144 valence electrons. The Morgan fingerprint density at radius 1 is 1.27 bits per heavy atom. The number of anilines is 3. The number of carbonyl (C=O) groups is 1. The van der Waals surface area contributed by atoms with Gasteiger partial charge in [-0.1, -0.05) is 0 Å². The van der Waals surface area contributed by atoms with Gasteiger partial charge in [-0.2, -0.15) is 9.97 Å². The van der Waals surface area contributed by atoms with E-state index in [4.69, 9.17) is 15.5 Å². The number of aromatic nitrogens is 2. The van der Waals surface area contributed by atoms with E-state index >= 15 is 0 Å². The van der Waals surface area contributed by atoms with Crippen LogP contribution in [0.5, 0.6) is 0 Å². The summed E-state index contributed by atoms with van der Waals surface area (Å²) in [6, 6.07) is 1.86. The summed E-state index contributed by atoms with van der Waals surface area (Å²) < 4.78 is 5.41. The van der Waals surface area contributed by atoms with E-state index in [1.165, 1.54) is 0 Å². The van der Waals surface area contributed by atoms with Crippen molar-refractivity contribution in [1.82, 2.24) is 14.9 Å². The molecule has 1 atom stereocenters. The fourth-order valence-electron chi connectivity index (χ4n) is 3.57. The predicted molar refractivity (Wildman–Crippen MR) is 102 cm³/mol. The minimum atomic E-state index is 0.197. The second-order valence-corrected chi connectivity index (χ2v) is 7.33. The van der Waals surface area contributed by atoms with Gasteiger partial charge in [-0.25, -0.2) is 0 Å². The van der Waals surface area contributed by atoms with Gasteiger partial charge in [0.1, 0.15) is 11.6 Å². The van der Waals surface area contributed by atoms with Crippen molar-refractivity contribution in [1.29, 1.82) is 0 Å². The normalized spacial score (nSPS) is 20.9. The van der Waals surface area contributed by atoms with Crippen molar-refractivity contribution in [2.45, 2.75) is 25.7 Å². The fraction of sp³-hybridized carbons (Fsp3) is 0.722. The molecule has 3 rings (SSSR count). The van der Waals surface area contributed by atoms with Crippen LogP contribution in [0, 0.1) is 5.92 Å². The molecular formula is C18H30N6O2. The molecule has 1 aromatic rings. The lowest BCUT2D eigenvalue weighted by Crippen LogP contribution is -2.39. The van der Waals surface area contributed by atoms with Crippen molar-refractivity contribution in [3.63, 3.8) is 0 Å². The smallest absolute Gasteiger partial charge is 0.229 e. The third-order valence-corrected chi connectivity index (χ3v) is 5.12. The van der Waals surface area contributed by atoms with Crippen LogP contribution in [-0.4, -0.2) is 74.3 Å². The molecule has 0 unspecified atom stereocenters. The molecule has 0 bridgehead atoms. The van der Waals surface area contributed by atoms with Crippen molar-refractivity contribution in [2.24, 2.45) is 5.92 Å². The number of morpholine rings is 1. The molecule has 3 heterocycles. The number of nitrogens with two attached hydrogens (primary N) is 1. The Morgan fingerprint density at radius 3 is 2.77 bits per heavy atom. The molecule has 0 saturated carbocycles. The predicted octanol–water partition coefficient (Wildman–Crippen LogP) is 0.980. The van der Waals surface area contributed by atoms with Gasteiger partial charge in [0, 0.05) is 52.8 Å². The van der Waals surface area contributed by atoms with Crippen LogP contribution < -0.4 is 15.5 Å². The largest absolute Gasteiger partial charge is 0.383 e. The van der Waals surface area contributed by atoms with Gasteiger partial charge in [0.25, 0.3) is 0 Å². The van der Waals surface area contributed by atoms with Crippen molar-refractivity contribution < 1.29 is 9.53 Å². The standard InChI is InChI=1S/C18H30N6O2/c1-22(2)17(25)6-5-14-4-3-7-24(13-14)16-12-15(19)20-18(21-16)23-8-10-26-11-9-23/h12,14H,3-11,13H2,1-2H3,(H2,19,20,21)/t14-/m0/s1. The Balaban J connectivity index is 1.65. The maximum atomic E-state index is 11.9.